The third kappa shape index (κ3) is 0.977. The molecule has 0 spiro atoms. The highest BCUT2D eigenvalue weighted by Crippen LogP contribution is 2.66. The molecule has 0 aliphatic heterocycles. The summed E-state index contributed by atoms with van der Waals surface area (Å²) in [6, 6.07) is 2.19. The Labute approximate surface area is 98.2 Å². The van der Waals surface area contributed by atoms with E-state index in [1.807, 2.05) is 6.26 Å². The van der Waals surface area contributed by atoms with E-state index in [-0.39, 0.29) is 0 Å². The van der Waals surface area contributed by atoms with Gasteiger partial charge in [0.2, 0.25) is 0 Å². The summed E-state index contributed by atoms with van der Waals surface area (Å²) in [5.41, 5.74) is 2.36. The number of hydrogen-bond acceptors (Lipinski definition) is 1. The zero-order valence-corrected chi connectivity index (χ0v) is 10.8. The summed E-state index contributed by atoms with van der Waals surface area (Å²) < 4.78 is 5.69. The smallest absolute Gasteiger partial charge is 0.107 e. The Hall–Kier alpha value is -0.720. The van der Waals surface area contributed by atoms with Crippen LogP contribution in [0.2, 0.25) is 0 Å². The van der Waals surface area contributed by atoms with Crippen molar-refractivity contribution < 1.29 is 4.42 Å². The van der Waals surface area contributed by atoms with E-state index >= 15 is 0 Å². The summed E-state index contributed by atoms with van der Waals surface area (Å²) in [5, 5.41) is 0. The van der Waals surface area contributed by atoms with Crippen LogP contribution in [0.25, 0.3) is 0 Å². The fraction of sp³-hybridized carbons (Fsp3) is 0.733. The molecule has 2 aliphatic carbocycles. The first kappa shape index (κ1) is 10.4. The lowest BCUT2D eigenvalue weighted by Gasteiger charge is -2.50. The summed E-state index contributed by atoms with van der Waals surface area (Å²) >= 11 is 0. The lowest BCUT2D eigenvalue weighted by atomic mass is 9.53. The Morgan fingerprint density at radius 1 is 1.25 bits per heavy atom. The Morgan fingerprint density at radius 2 is 2.00 bits per heavy atom. The predicted molar refractivity (Wildman–Crippen MR) is 65.4 cm³/mol. The Morgan fingerprint density at radius 3 is 2.75 bits per heavy atom. The van der Waals surface area contributed by atoms with Crippen LogP contribution in [-0.2, 0) is 6.42 Å². The van der Waals surface area contributed by atoms with Crippen LogP contribution in [0.15, 0.2) is 16.7 Å². The van der Waals surface area contributed by atoms with Gasteiger partial charge < -0.3 is 4.42 Å². The van der Waals surface area contributed by atoms with E-state index in [2.05, 4.69) is 33.8 Å². The minimum absolute atomic E-state index is 0.428. The van der Waals surface area contributed by atoms with Crippen LogP contribution in [0.3, 0.4) is 0 Å². The summed E-state index contributed by atoms with van der Waals surface area (Å²) in [4.78, 5) is 0. The van der Waals surface area contributed by atoms with E-state index in [1.165, 1.54) is 24.2 Å². The second-order valence-electron chi connectivity index (χ2n) is 6.47. The van der Waals surface area contributed by atoms with Crippen molar-refractivity contribution in [1.29, 1.82) is 0 Å². The quantitative estimate of drug-likeness (QED) is 0.629. The van der Waals surface area contributed by atoms with Gasteiger partial charge in [-0.05, 0) is 47.1 Å². The molecule has 0 aromatic carbocycles. The van der Waals surface area contributed by atoms with Crippen molar-refractivity contribution in [3.63, 3.8) is 0 Å². The van der Waals surface area contributed by atoms with Crippen LogP contribution >= 0.6 is 0 Å². The van der Waals surface area contributed by atoms with Crippen LogP contribution in [0.1, 0.15) is 57.8 Å². The van der Waals surface area contributed by atoms with Gasteiger partial charge >= 0.3 is 0 Å². The van der Waals surface area contributed by atoms with Gasteiger partial charge in [-0.15, -0.1) is 0 Å². The molecule has 0 saturated heterocycles. The number of fused-ring (bicyclic) bond motifs is 2. The highest BCUT2D eigenvalue weighted by molar-refractivity contribution is 5.32. The molecule has 0 N–H and O–H groups in total. The van der Waals surface area contributed by atoms with Gasteiger partial charge in [-0.3, -0.25) is 0 Å². The molecule has 16 heavy (non-hydrogen) atoms. The van der Waals surface area contributed by atoms with Crippen molar-refractivity contribution >= 4 is 0 Å². The van der Waals surface area contributed by atoms with Gasteiger partial charge in [-0.2, -0.15) is 0 Å². The van der Waals surface area contributed by atoms with Gasteiger partial charge in [0.25, 0.3) is 0 Å². The summed E-state index contributed by atoms with van der Waals surface area (Å²) in [6.45, 7) is 9.79. The molecular formula is C15H22O. The van der Waals surface area contributed by atoms with Gasteiger partial charge in [-0.1, -0.05) is 27.7 Å². The minimum atomic E-state index is 0.428. The van der Waals surface area contributed by atoms with Crippen LogP contribution in [0.4, 0.5) is 0 Å². The predicted octanol–water partition coefficient (Wildman–Crippen LogP) is 4.38. The highest BCUT2D eigenvalue weighted by atomic mass is 16.3. The fourth-order valence-electron chi connectivity index (χ4n) is 4.33. The fourth-order valence-corrected chi connectivity index (χ4v) is 4.33. The molecule has 4 atom stereocenters. The van der Waals surface area contributed by atoms with Crippen LogP contribution < -0.4 is 0 Å². The second kappa shape index (κ2) is 2.94. The normalized spacial score (nSPS) is 46.5. The monoisotopic (exact) mass is 218 g/mol. The zero-order chi connectivity index (χ0) is 11.6. The van der Waals surface area contributed by atoms with Gasteiger partial charge in [0.05, 0.1) is 6.26 Å². The Bertz CT molecular complexity index is 417. The largest absolute Gasteiger partial charge is 0.469 e. The molecular weight excluding hydrogens is 196 g/mol. The SMILES string of the molecule is C[C@@H]1CC[C@@]2(C)[C@H](C)c3ccoc3C[C@@]12C. The van der Waals surface area contributed by atoms with Crippen LogP contribution in [0.5, 0.6) is 0 Å². The van der Waals surface area contributed by atoms with E-state index < -0.39 is 0 Å². The highest BCUT2D eigenvalue weighted by Gasteiger charge is 2.58. The molecule has 2 aliphatic rings. The van der Waals surface area contributed by atoms with Crippen molar-refractivity contribution in [2.75, 3.05) is 0 Å². The Balaban J connectivity index is 2.16. The van der Waals surface area contributed by atoms with E-state index in [1.54, 1.807) is 0 Å². The first-order valence-corrected chi connectivity index (χ1v) is 6.55. The summed E-state index contributed by atoms with van der Waals surface area (Å²) in [7, 11) is 0. The average molecular weight is 218 g/mol. The van der Waals surface area contributed by atoms with E-state index in [9.17, 15) is 0 Å². The topological polar surface area (TPSA) is 13.1 Å². The summed E-state index contributed by atoms with van der Waals surface area (Å²) in [5.74, 6) is 2.71. The van der Waals surface area contributed by atoms with Crippen LogP contribution in [0, 0.1) is 16.7 Å². The van der Waals surface area contributed by atoms with Crippen molar-refractivity contribution in [3.8, 4) is 0 Å². The standard InChI is InChI=1S/C15H22O/c1-10-5-7-14(3)11(2)12-6-8-16-13(12)9-15(10,14)4/h6,8,10-11H,5,7,9H2,1-4H3/t10-,11-,14+,15+/m1/s1. The summed E-state index contributed by atoms with van der Waals surface area (Å²) in [6.07, 6.45) is 5.76. The molecule has 1 fully saturated rings. The average Bonchev–Trinajstić information content (AvgIpc) is 2.78. The van der Waals surface area contributed by atoms with Crippen LogP contribution in [-0.4, -0.2) is 0 Å². The molecule has 88 valence electrons. The van der Waals surface area contributed by atoms with E-state index in [0.717, 1.165) is 12.3 Å². The number of hydrogen-bond donors (Lipinski definition) is 0. The molecule has 3 rings (SSSR count). The van der Waals surface area contributed by atoms with Crippen molar-refractivity contribution in [3.05, 3.63) is 23.7 Å². The third-order valence-electron chi connectivity index (χ3n) is 6.22. The number of rotatable bonds is 0. The molecule has 0 amide bonds. The molecule has 0 radical (unpaired) electrons. The molecule has 1 nitrogen and oxygen atoms in total. The second-order valence-corrected chi connectivity index (χ2v) is 6.47. The lowest BCUT2D eigenvalue weighted by Crippen LogP contribution is -2.44. The van der Waals surface area contributed by atoms with E-state index in [0.29, 0.717) is 16.7 Å². The van der Waals surface area contributed by atoms with Crippen molar-refractivity contribution in [2.24, 2.45) is 16.7 Å². The van der Waals surface area contributed by atoms with Crippen molar-refractivity contribution in [1.82, 2.24) is 0 Å². The Kier molecular flexibility index (Phi) is 1.92. The van der Waals surface area contributed by atoms with Gasteiger partial charge in [0, 0.05) is 6.42 Å². The number of furan rings is 1. The maximum absolute atomic E-state index is 5.69. The minimum Gasteiger partial charge on any atom is -0.469 e. The first-order chi connectivity index (χ1) is 7.49. The molecule has 1 heteroatoms. The first-order valence-electron chi connectivity index (χ1n) is 6.55. The molecule has 1 aromatic rings. The van der Waals surface area contributed by atoms with Gasteiger partial charge in [-0.25, -0.2) is 0 Å². The van der Waals surface area contributed by atoms with Gasteiger partial charge in [0.1, 0.15) is 5.76 Å². The van der Waals surface area contributed by atoms with Gasteiger partial charge in [0.15, 0.2) is 0 Å². The molecule has 1 heterocycles. The molecule has 1 aromatic heterocycles. The molecule has 1 saturated carbocycles. The van der Waals surface area contributed by atoms with E-state index in [4.69, 9.17) is 4.42 Å². The zero-order valence-electron chi connectivity index (χ0n) is 10.8. The molecule has 0 bridgehead atoms. The maximum atomic E-state index is 5.69. The molecule has 0 unspecified atom stereocenters. The lowest BCUT2D eigenvalue weighted by molar-refractivity contribution is 0.0305. The third-order valence-corrected chi connectivity index (χ3v) is 6.22. The maximum Gasteiger partial charge on any atom is 0.107 e. The van der Waals surface area contributed by atoms with Crippen molar-refractivity contribution in [2.45, 2.75) is 52.9 Å².